The van der Waals surface area contributed by atoms with Crippen LogP contribution in [0.1, 0.15) is 18.5 Å². The number of hydrogen-bond donors (Lipinski definition) is 1. The third-order valence-corrected chi connectivity index (χ3v) is 5.89. The number of fused-ring (bicyclic) bond motifs is 3. The standard InChI is InChI=1S/C24H19NOS/c1-16(17-7-3-2-4-8-17)25-21-10-5-9-19-20-15-18(23-11-6-14-27-23)12-13-22(20)26-24(19)21/h2-16,25H,1H3. The van der Waals surface area contributed by atoms with Crippen molar-refractivity contribution in [1.82, 2.24) is 0 Å². The minimum Gasteiger partial charge on any atom is -0.454 e. The molecule has 0 aliphatic carbocycles. The molecule has 0 saturated carbocycles. The molecule has 0 aliphatic heterocycles. The van der Waals surface area contributed by atoms with Crippen molar-refractivity contribution in [3.05, 3.63) is 89.8 Å². The minimum atomic E-state index is 0.201. The van der Waals surface area contributed by atoms with Gasteiger partial charge in [0.1, 0.15) is 5.58 Å². The lowest BCUT2D eigenvalue weighted by Gasteiger charge is -2.15. The van der Waals surface area contributed by atoms with Crippen molar-refractivity contribution in [2.45, 2.75) is 13.0 Å². The van der Waals surface area contributed by atoms with Crippen molar-refractivity contribution in [3.63, 3.8) is 0 Å². The number of furan rings is 1. The first kappa shape index (κ1) is 16.2. The van der Waals surface area contributed by atoms with Gasteiger partial charge >= 0.3 is 0 Å². The highest BCUT2D eigenvalue weighted by atomic mass is 32.1. The highest BCUT2D eigenvalue weighted by Gasteiger charge is 2.14. The lowest BCUT2D eigenvalue weighted by atomic mass is 10.1. The summed E-state index contributed by atoms with van der Waals surface area (Å²) in [7, 11) is 0. The average Bonchev–Trinajstić information content (AvgIpc) is 3.37. The van der Waals surface area contributed by atoms with E-state index in [1.165, 1.54) is 16.0 Å². The van der Waals surface area contributed by atoms with Gasteiger partial charge in [-0.05, 0) is 53.8 Å². The lowest BCUT2D eigenvalue weighted by molar-refractivity contribution is 0.668. The van der Waals surface area contributed by atoms with Crippen LogP contribution in [0.5, 0.6) is 0 Å². The highest BCUT2D eigenvalue weighted by molar-refractivity contribution is 7.13. The van der Waals surface area contributed by atoms with Gasteiger partial charge in [-0.25, -0.2) is 0 Å². The zero-order valence-corrected chi connectivity index (χ0v) is 15.8. The van der Waals surface area contributed by atoms with Crippen molar-refractivity contribution < 1.29 is 4.42 Å². The molecule has 5 aromatic rings. The van der Waals surface area contributed by atoms with Gasteiger partial charge in [0.25, 0.3) is 0 Å². The monoisotopic (exact) mass is 369 g/mol. The van der Waals surface area contributed by atoms with Crippen LogP contribution in [0.25, 0.3) is 32.4 Å². The van der Waals surface area contributed by atoms with E-state index in [-0.39, 0.29) is 6.04 Å². The molecule has 0 fully saturated rings. The van der Waals surface area contributed by atoms with Gasteiger partial charge in [-0.3, -0.25) is 0 Å². The predicted molar refractivity (Wildman–Crippen MR) is 116 cm³/mol. The Balaban J connectivity index is 1.59. The lowest BCUT2D eigenvalue weighted by Crippen LogP contribution is -2.06. The summed E-state index contributed by atoms with van der Waals surface area (Å²) in [5.41, 5.74) is 5.35. The summed E-state index contributed by atoms with van der Waals surface area (Å²) in [6.07, 6.45) is 0. The van der Waals surface area contributed by atoms with E-state index in [9.17, 15) is 0 Å². The fourth-order valence-corrected chi connectivity index (χ4v) is 4.29. The SMILES string of the molecule is CC(Nc1cccc2c1oc1ccc(-c3cccs3)cc12)c1ccccc1. The second-order valence-electron chi connectivity index (χ2n) is 6.75. The molecule has 1 N–H and O–H groups in total. The molecule has 0 bridgehead atoms. The number of anilines is 1. The molecule has 2 heterocycles. The maximum absolute atomic E-state index is 6.23. The largest absolute Gasteiger partial charge is 0.454 e. The Bertz CT molecular complexity index is 1210. The van der Waals surface area contributed by atoms with E-state index in [0.29, 0.717) is 0 Å². The van der Waals surface area contributed by atoms with Gasteiger partial charge in [0.2, 0.25) is 0 Å². The van der Waals surface area contributed by atoms with Crippen LogP contribution in [0.4, 0.5) is 5.69 Å². The molecule has 3 heteroatoms. The van der Waals surface area contributed by atoms with Gasteiger partial charge in [0, 0.05) is 21.7 Å². The van der Waals surface area contributed by atoms with Crippen LogP contribution in [-0.2, 0) is 0 Å². The molecule has 3 aromatic carbocycles. The van der Waals surface area contributed by atoms with E-state index < -0.39 is 0 Å². The molecule has 1 atom stereocenters. The van der Waals surface area contributed by atoms with Crippen LogP contribution >= 0.6 is 11.3 Å². The molecule has 0 saturated heterocycles. The quantitative estimate of drug-likeness (QED) is 0.355. The van der Waals surface area contributed by atoms with E-state index >= 15 is 0 Å². The number of nitrogens with one attached hydrogen (secondary N) is 1. The van der Waals surface area contributed by atoms with E-state index in [4.69, 9.17) is 4.42 Å². The van der Waals surface area contributed by atoms with Gasteiger partial charge in [0.15, 0.2) is 5.58 Å². The average molecular weight is 369 g/mol. The predicted octanol–water partition coefficient (Wildman–Crippen LogP) is 7.49. The number of rotatable bonds is 4. The molecule has 132 valence electrons. The number of hydrogen-bond acceptors (Lipinski definition) is 3. The molecule has 2 nitrogen and oxygen atoms in total. The van der Waals surface area contributed by atoms with E-state index in [1.54, 1.807) is 11.3 Å². The maximum atomic E-state index is 6.23. The number of thiophene rings is 1. The van der Waals surface area contributed by atoms with Gasteiger partial charge in [-0.15, -0.1) is 11.3 Å². The Morgan fingerprint density at radius 2 is 1.74 bits per heavy atom. The van der Waals surface area contributed by atoms with Crippen molar-refractivity contribution in [2.75, 3.05) is 5.32 Å². The van der Waals surface area contributed by atoms with E-state index in [2.05, 4.69) is 90.4 Å². The summed E-state index contributed by atoms with van der Waals surface area (Å²) in [4.78, 5) is 1.28. The van der Waals surface area contributed by atoms with Gasteiger partial charge in [0.05, 0.1) is 5.69 Å². The summed E-state index contributed by atoms with van der Waals surface area (Å²) >= 11 is 1.76. The molecule has 0 aliphatic rings. The molecule has 5 rings (SSSR count). The third-order valence-electron chi connectivity index (χ3n) is 4.97. The topological polar surface area (TPSA) is 25.2 Å². The van der Waals surface area contributed by atoms with Gasteiger partial charge in [-0.1, -0.05) is 48.5 Å². The molecule has 0 spiro atoms. The minimum absolute atomic E-state index is 0.201. The van der Waals surface area contributed by atoms with Crippen molar-refractivity contribution in [1.29, 1.82) is 0 Å². The third kappa shape index (κ3) is 2.90. The number of para-hydroxylation sites is 1. The second-order valence-corrected chi connectivity index (χ2v) is 7.70. The van der Waals surface area contributed by atoms with Crippen molar-refractivity contribution in [2.24, 2.45) is 0 Å². The Morgan fingerprint density at radius 1 is 0.852 bits per heavy atom. The normalized spacial score (nSPS) is 12.5. The smallest absolute Gasteiger partial charge is 0.158 e. The van der Waals surface area contributed by atoms with Crippen LogP contribution in [0.3, 0.4) is 0 Å². The van der Waals surface area contributed by atoms with E-state index in [0.717, 1.165) is 27.6 Å². The molecule has 27 heavy (non-hydrogen) atoms. The summed E-state index contributed by atoms with van der Waals surface area (Å²) in [5.74, 6) is 0. The summed E-state index contributed by atoms with van der Waals surface area (Å²) in [6, 6.07) is 27.7. The maximum Gasteiger partial charge on any atom is 0.158 e. The van der Waals surface area contributed by atoms with Crippen LogP contribution < -0.4 is 5.32 Å². The molecular formula is C24H19NOS. The molecule has 0 amide bonds. The molecular weight excluding hydrogens is 350 g/mol. The van der Waals surface area contributed by atoms with Gasteiger partial charge in [-0.2, -0.15) is 0 Å². The zero-order valence-electron chi connectivity index (χ0n) is 15.0. The van der Waals surface area contributed by atoms with Crippen LogP contribution in [0.2, 0.25) is 0 Å². The van der Waals surface area contributed by atoms with Crippen molar-refractivity contribution >= 4 is 39.0 Å². The zero-order chi connectivity index (χ0) is 18.2. The highest BCUT2D eigenvalue weighted by Crippen LogP contribution is 2.37. The van der Waals surface area contributed by atoms with Gasteiger partial charge < -0.3 is 9.73 Å². The fourth-order valence-electron chi connectivity index (χ4n) is 3.57. The first-order valence-electron chi connectivity index (χ1n) is 9.10. The molecule has 2 aromatic heterocycles. The Kier molecular flexibility index (Phi) is 3.95. The van der Waals surface area contributed by atoms with Crippen LogP contribution in [0, 0.1) is 0 Å². The molecule has 1 unspecified atom stereocenters. The van der Waals surface area contributed by atoms with Crippen molar-refractivity contribution in [3.8, 4) is 10.4 Å². The molecule has 0 radical (unpaired) electrons. The summed E-state index contributed by atoms with van der Waals surface area (Å²) < 4.78 is 6.23. The number of benzene rings is 3. The summed E-state index contributed by atoms with van der Waals surface area (Å²) in [6.45, 7) is 2.17. The van der Waals surface area contributed by atoms with E-state index in [1.807, 2.05) is 6.07 Å². The van der Waals surface area contributed by atoms with Crippen LogP contribution in [0.15, 0.2) is 88.7 Å². The summed E-state index contributed by atoms with van der Waals surface area (Å²) in [5, 5.41) is 8.03. The first-order valence-corrected chi connectivity index (χ1v) is 9.98. The Labute approximate surface area is 162 Å². The van der Waals surface area contributed by atoms with Crippen LogP contribution in [-0.4, -0.2) is 0 Å². The second kappa shape index (κ2) is 6.60. The fraction of sp³-hybridized carbons (Fsp3) is 0.0833. The Morgan fingerprint density at radius 3 is 2.56 bits per heavy atom. The Hall–Kier alpha value is -3.04. The first-order chi connectivity index (χ1) is 13.3.